The van der Waals surface area contributed by atoms with Crippen molar-refractivity contribution in [3.8, 4) is 0 Å². The summed E-state index contributed by atoms with van der Waals surface area (Å²) in [6.07, 6.45) is 2.82. The Morgan fingerprint density at radius 3 is 2.40 bits per heavy atom. The van der Waals surface area contributed by atoms with E-state index in [1.807, 2.05) is 0 Å². The number of benzene rings is 1. The molecule has 3 aromatic rings. The Kier molecular flexibility index (Phi) is 3.10. The van der Waals surface area contributed by atoms with E-state index < -0.39 is 0 Å². The smallest absolute Gasteiger partial charge is 0.222 e. The molecule has 2 aliphatic carbocycles. The van der Waals surface area contributed by atoms with Crippen LogP contribution in [0.5, 0.6) is 0 Å². The van der Waals surface area contributed by atoms with Gasteiger partial charge in [-0.2, -0.15) is 4.98 Å². The van der Waals surface area contributed by atoms with Crippen LogP contribution in [0.3, 0.4) is 0 Å². The lowest BCUT2D eigenvalue weighted by molar-refractivity contribution is 0.828. The molecule has 2 bridgehead atoms. The zero-order chi connectivity index (χ0) is 14.1. The van der Waals surface area contributed by atoms with Gasteiger partial charge in [0.2, 0.25) is 5.95 Å². The molecule has 0 saturated carbocycles. The van der Waals surface area contributed by atoms with Crippen molar-refractivity contribution in [3.05, 3.63) is 47.4 Å². The first kappa shape index (κ1) is 12.6. The van der Waals surface area contributed by atoms with Crippen LogP contribution in [0.2, 0.25) is 0 Å². The van der Waals surface area contributed by atoms with E-state index in [9.17, 15) is 0 Å². The third-order valence-corrected chi connectivity index (χ3v) is 3.28. The first-order chi connectivity index (χ1) is 9.63. The molecule has 102 valence electrons. The molecule has 0 fully saturated rings. The summed E-state index contributed by atoms with van der Waals surface area (Å²) in [5.41, 5.74) is 10.9. The van der Waals surface area contributed by atoms with E-state index in [4.69, 9.17) is 5.73 Å². The first-order valence-electron chi connectivity index (χ1n) is 6.68. The molecule has 0 unspecified atom stereocenters. The van der Waals surface area contributed by atoms with Crippen molar-refractivity contribution in [2.24, 2.45) is 0 Å². The van der Waals surface area contributed by atoms with Crippen molar-refractivity contribution in [1.29, 1.82) is 0 Å². The molecule has 20 heavy (non-hydrogen) atoms. The second-order valence-electron chi connectivity index (χ2n) is 5.22. The van der Waals surface area contributed by atoms with Crippen molar-refractivity contribution in [1.82, 2.24) is 19.9 Å². The third-order valence-electron chi connectivity index (χ3n) is 3.28. The summed E-state index contributed by atoms with van der Waals surface area (Å²) < 4.78 is 0. The lowest BCUT2D eigenvalue weighted by Crippen LogP contribution is -2.01. The normalized spacial score (nSPS) is 11.9. The van der Waals surface area contributed by atoms with Crippen LogP contribution in [0.25, 0.3) is 11.2 Å². The second-order valence-corrected chi connectivity index (χ2v) is 5.22. The van der Waals surface area contributed by atoms with Gasteiger partial charge in [-0.15, -0.1) is 0 Å². The van der Waals surface area contributed by atoms with Crippen molar-refractivity contribution in [2.45, 2.75) is 26.2 Å². The minimum Gasteiger partial charge on any atom is -0.368 e. The number of anilines is 1. The Hall–Kier alpha value is -2.43. The summed E-state index contributed by atoms with van der Waals surface area (Å²) in [6.45, 7) is 4.12. The average molecular weight is 267 g/mol. The molecule has 0 aliphatic heterocycles. The zero-order valence-electron chi connectivity index (χ0n) is 11.6. The number of H-pyrrole nitrogens is 1. The highest BCUT2D eigenvalue weighted by Gasteiger charge is 2.10. The topological polar surface area (TPSA) is 80.5 Å². The third kappa shape index (κ3) is 2.34. The van der Waals surface area contributed by atoms with Crippen LogP contribution in [0.15, 0.2) is 30.6 Å². The van der Waals surface area contributed by atoms with Crippen LogP contribution < -0.4 is 5.73 Å². The van der Waals surface area contributed by atoms with E-state index >= 15 is 0 Å². The molecule has 0 saturated heterocycles. The van der Waals surface area contributed by atoms with Crippen molar-refractivity contribution < 1.29 is 0 Å². The van der Waals surface area contributed by atoms with Gasteiger partial charge in [0, 0.05) is 0 Å². The predicted molar refractivity (Wildman–Crippen MR) is 79.4 cm³/mol. The summed E-state index contributed by atoms with van der Waals surface area (Å²) in [4.78, 5) is 15.2. The fourth-order valence-electron chi connectivity index (χ4n) is 2.25. The van der Waals surface area contributed by atoms with E-state index in [0.717, 1.165) is 11.2 Å². The van der Waals surface area contributed by atoms with Crippen molar-refractivity contribution in [2.75, 3.05) is 5.73 Å². The lowest BCUT2D eigenvalue weighted by atomic mass is 9.94. The van der Waals surface area contributed by atoms with Gasteiger partial charge in [0.05, 0.1) is 12.0 Å². The molecule has 5 nitrogen and oxygen atoms in total. The van der Waals surface area contributed by atoms with Gasteiger partial charge in [0.1, 0.15) is 5.52 Å². The van der Waals surface area contributed by atoms with Gasteiger partial charge in [-0.3, -0.25) is 0 Å². The summed E-state index contributed by atoms with van der Waals surface area (Å²) in [7, 11) is 0. The van der Waals surface area contributed by atoms with Crippen LogP contribution in [0, 0.1) is 0 Å². The Labute approximate surface area is 117 Å². The van der Waals surface area contributed by atoms with Crippen LogP contribution >= 0.6 is 0 Å². The Bertz CT molecular complexity index is 720. The molecule has 2 heterocycles. The number of aromatic amines is 1. The first-order valence-corrected chi connectivity index (χ1v) is 6.68. The fourth-order valence-corrected chi connectivity index (χ4v) is 2.25. The molecular formula is C15H17N5. The van der Waals surface area contributed by atoms with Crippen molar-refractivity contribution in [3.63, 3.8) is 0 Å². The summed E-state index contributed by atoms with van der Waals surface area (Å²) in [6, 6.07) is 8.65. The predicted octanol–water partition coefficient (Wildman–Crippen LogP) is 2.65. The van der Waals surface area contributed by atoms with Gasteiger partial charge in [0.15, 0.2) is 5.65 Å². The zero-order valence-corrected chi connectivity index (χ0v) is 11.6. The maximum absolute atomic E-state index is 5.55. The molecule has 2 aromatic heterocycles. The van der Waals surface area contributed by atoms with Crippen molar-refractivity contribution >= 4 is 17.1 Å². The minimum absolute atomic E-state index is 0.281. The largest absolute Gasteiger partial charge is 0.368 e. The highest BCUT2D eigenvalue weighted by molar-refractivity contribution is 5.74. The number of nitrogens with zero attached hydrogens (tertiary/aromatic N) is 3. The lowest BCUT2D eigenvalue weighted by Gasteiger charge is -2.11. The van der Waals surface area contributed by atoms with Gasteiger partial charge in [-0.05, 0) is 23.5 Å². The number of nitrogens with two attached hydrogens (primary N) is 1. The second kappa shape index (κ2) is 4.92. The van der Waals surface area contributed by atoms with Crippen LogP contribution in [-0.4, -0.2) is 19.9 Å². The standard InChI is InChI=1S/C8H11N5.C7H6/c1-4(2)5-6-7(11-3-10-6)13-8(9)12-5;1-2-6-4-7(3-1)5-6/h3-4H,1-2H3,(H3,9,10,11,12,13);1-4H,5H2. The molecule has 3 N–H and O–H groups in total. The number of imidazole rings is 1. The van der Waals surface area contributed by atoms with Gasteiger partial charge in [-0.1, -0.05) is 38.1 Å². The Balaban J connectivity index is 0.000000144. The number of fused-ring (bicyclic) bond motifs is 3. The molecule has 0 spiro atoms. The van der Waals surface area contributed by atoms with E-state index in [-0.39, 0.29) is 5.95 Å². The summed E-state index contributed by atoms with van der Waals surface area (Å²) in [5.74, 6) is 0.594. The molecule has 0 amide bonds. The highest BCUT2D eigenvalue weighted by atomic mass is 15.1. The fraction of sp³-hybridized carbons (Fsp3) is 0.267. The quantitative estimate of drug-likeness (QED) is 0.555. The van der Waals surface area contributed by atoms with Gasteiger partial charge >= 0.3 is 0 Å². The number of rotatable bonds is 1. The Morgan fingerprint density at radius 2 is 1.90 bits per heavy atom. The van der Waals surface area contributed by atoms with E-state index in [2.05, 4.69) is 58.0 Å². The number of hydrogen-bond acceptors (Lipinski definition) is 4. The molecule has 1 aromatic carbocycles. The maximum Gasteiger partial charge on any atom is 0.222 e. The number of nitrogens with one attached hydrogen (secondary N) is 1. The molecule has 5 heteroatoms. The van der Waals surface area contributed by atoms with E-state index in [0.29, 0.717) is 11.6 Å². The van der Waals surface area contributed by atoms with E-state index in [1.165, 1.54) is 17.5 Å². The van der Waals surface area contributed by atoms with Gasteiger partial charge in [-0.25, -0.2) is 9.97 Å². The van der Waals surface area contributed by atoms with E-state index in [1.54, 1.807) is 6.33 Å². The highest BCUT2D eigenvalue weighted by Crippen LogP contribution is 2.20. The molecule has 0 atom stereocenters. The number of hydrogen-bond donors (Lipinski definition) is 2. The molecular weight excluding hydrogens is 250 g/mol. The van der Waals surface area contributed by atoms with Crippen LogP contribution in [0.4, 0.5) is 5.95 Å². The maximum atomic E-state index is 5.55. The Morgan fingerprint density at radius 1 is 1.20 bits per heavy atom. The minimum atomic E-state index is 0.281. The van der Waals surface area contributed by atoms with Crippen LogP contribution in [0.1, 0.15) is 36.6 Å². The summed E-state index contributed by atoms with van der Waals surface area (Å²) in [5, 5.41) is 0. The van der Waals surface area contributed by atoms with Gasteiger partial charge in [0.25, 0.3) is 0 Å². The molecule has 0 radical (unpaired) electrons. The average Bonchev–Trinajstić information content (AvgIpc) is 2.86. The molecule has 5 rings (SSSR count). The molecule has 2 aliphatic rings. The SMILES string of the molecule is CC(C)c1nc(N)nc2nc[nH]c12.c1cc2cc(c1)C2. The number of aromatic nitrogens is 4. The monoisotopic (exact) mass is 267 g/mol. The van der Waals surface area contributed by atoms with Crippen LogP contribution in [-0.2, 0) is 6.42 Å². The van der Waals surface area contributed by atoms with Gasteiger partial charge < -0.3 is 10.7 Å². The summed E-state index contributed by atoms with van der Waals surface area (Å²) >= 11 is 0. The number of nitrogen functional groups attached to an aromatic ring is 1.